The van der Waals surface area contributed by atoms with Crippen molar-refractivity contribution in [2.45, 2.75) is 12.5 Å². The summed E-state index contributed by atoms with van der Waals surface area (Å²) in [5, 5.41) is 0. The lowest BCUT2D eigenvalue weighted by Crippen LogP contribution is -2.43. The number of nitrogens with two attached hydrogens (primary N) is 1. The van der Waals surface area contributed by atoms with Crippen LogP contribution >= 0.6 is 12.4 Å². The molecule has 1 unspecified atom stereocenters. The number of amides is 1. The molecule has 2 aromatic carbocycles. The van der Waals surface area contributed by atoms with Crippen molar-refractivity contribution in [2.75, 3.05) is 25.4 Å². The molecule has 0 aliphatic carbocycles. The van der Waals surface area contributed by atoms with Gasteiger partial charge in [-0.2, -0.15) is 0 Å². The third kappa shape index (κ3) is 4.67. The van der Waals surface area contributed by atoms with Crippen molar-refractivity contribution in [3.8, 4) is 0 Å². The van der Waals surface area contributed by atoms with Crippen LogP contribution in [0.2, 0.25) is 0 Å². The van der Waals surface area contributed by atoms with Gasteiger partial charge >= 0.3 is 0 Å². The largest absolute Gasteiger partial charge is 0.399 e. The molecule has 1 saturated heterocycles. The van der Waals surface area contributed by atoms with E-state index in [0.29, 0.717) is 30.9 Å². The first kappa shape index (κ1) is 19.1. The Kier molecular flexibility index (Phi) is 6.33. The zero-order valence-corrected chi connectivity index (χ0v) is 14.3. The van der Waals surface area contributed by atoms with Crippen LogP contribution in [0.15, 0.2) is 42.5 Å². The Morgan fingerprint density at radius 1 is 1.16 bits per heavy atom. The topological polar surface area (TPSA) is 55.6 Å². The van der Waals surface area contributed by atoms with Gasteiger partial charge in [0.1, 0.15) is 6.10 Å². The minimum absolute atomic E-state index is 0. The lowest BCUT2D eigenvalue weighted by molar-refractivity contribution is -0.138. The molecule has 3 rings (SSSR count). The standard InChI is InChI=1S/C18H18F2N2O2.ClH/c19-15-6-3-13(10-16(15)20)17-11-22(7-8-24-17)18(23)9-12-1-4-14(21)5-2-12;/h1-6,10,17H,7-9,11,21H2;1H. The fraction of sp³-hybridized carbons (Fsp3) is 0.278. The van der Waals surface area contributed by atoms with Gasteiger partial charge in [-0.05, 0) is 35.4 Å². The van der Waals surface area contributed by atoms with Gasteiger partial charge in [0.15, 0.2) is 11.6 Å². The summed E-state index contributed by atoms with van der Waals surface area (Å²) in [4.78, 5) is 14.1. The monoisotopic (exact) mass is 368 g/mol. The number of nitrogens with zero attached hydrogens (tertiary/aromatic N) is 1. The summed E-state index contributed by atoms with van der Waals surface area (Å²) in [6, 6.07) is 10.8. The molecule has 0 bridgehead atoms. The second-order valence-electron chi connectivity index (χ2n) is 5.79. The highest BCUT2D eigenvalue weighted by Gasteiger charge is 2.26. The van der Waals surface area contributed by atoms with Gasteiger partial charge in [-0.15, -0.1) is 12.4 Å². The molecule has 2 aromatic rings. The first-order chi connectivity index (χ1) is 11.5. The number of carbonyl (C=O) groups excluding carboxylic acids is 1. The number of ether oxygens (including phenoxy) is 1. The maximum atomic E-state index is 13.4. The molecule has 134 valence electrons. The van der Waals surface area contributed by atoms with Gasteiger partial charge in [-0.25, -0.2) is 8.78 Å². The van der Waals surface area contributed by atoms with E-state index in [1.54, 1.807) is 17.0 Å². The van der Waals surface area contributed by atoms with Crippen molar-refractivity contribution in [1.29, 1.82) is 0 Å². The Bertz CT molecular complexity index is 740. The van der Waals surface area contributed by atoms with Gasteiger partial charge in [0.2, 0.25) is 5.91 Å². The van der Waals surface area contributed by atoms with Crippen LogP contribution in [-0.4, -0.2) is 30.5 Å². The number of anilines is 1. The van der Waals surface area contributed by atoms with Crippen LogP contribution in [0.1, 0.15) is 17.2 Å². The zero-order chi connectivity index (χ0) is 17.1. The summed E-state index contributed by atoms with van der Waals surface area (Å²) < 4.78 is 32.0. The summed E-state index contributed by atoms with van der Waals surface area (Å²) in [5.41, 5.74) is 7.69. The lowest BCUT2D eigenvalue weighted by Gasteiger charge is -2.33. The van der Waals surface area contributed by atoms with Gasteiger partial charge in [0.25, 0.3) is 0 Å². The fourth-order valence-corrected chi connectivity index (χ4v) is 2.71. The lowest BCUT2D eigenvalue weighted by atomic mass is 10.1. The van der Waals surface area contributed by atoms with Crippen LogP contribution in [0, 0.1) is 11.6 Å². The predicted octanol–water partition coefficient (Wildman–Crippen LogP) is 3.11. The van der Waals surface area contributed by atoms with Gasteiger partial charge in [-0.1, -0.05) is 18.2 Å². The van der Waals surface area contributed by atoms with Crippen molar-refractivity contribution in [3.63, 3.8) is 0 Å². The highest BCUT2D eigenvalue weighted by atomic mass is 35.5. The molecule has 0 spiro atoms. The van der Waals surface area contributed by atoms with Crippen LogP contribution < -0.4 is 5.73 Å². The summed E-state index contributed by atoms with van der Waals surface area (Å²) in [5.74, 6) is -1.84. The third-order valence-corrected chi connectivity index (χ3v) is 4.07. The molecule has 1 fully saturated rings. The smallest absolute Gasteiger partial charge is 0.227 e. The minimum atomic E-state index is -0.915. The molecule has 0 saturated carbocycles. The number of rotatable bonds is 3. The quantitative estimate of drug-likeness (QED) is 0.847. The van der Waals surface area contributed by atoms with Crippen LogP contribution in [0.25, 0.3) is 0 Å². The number of halogens is 3. The Labute approximate surface area is 151 Å². The summed E-state index contributed by atoms with van der Waals surface area (Å²) in [7, 11) is 0. The van der Waals surface area contributed by atoms with Crippen LogP contribution in [0.3, 0.4) is 0 Å². The van der Waals surface area contributed by atoms with Gasteiger partial charge in [0.05, 0.1) is 19.6 Å². The number of hydrogen-bond acceptors (Lipinski definition) is 3. The molecule has 7 heteroatoms. The number of hydrogen-bond donors (Lipinski definition) is 1. The molecule has 1 aliphatic rings. The van der Waals surface area contributed by atoms with Crippen molar-refractivity contribution < 1.29 is 18.3 Å². The van der Waals surface area contributed by atoms with E-state index in [0.717, 1.165) is 17.7 Å². The number of nitrogen functional groups attached to an aromatic ring is 1. The van der Waals surface area contributed by atoms with Gasteiger partial charge in [0, 0.05) is 12.2 Å². The van der Waals surface area contributed by atoms with Gasteiger partial charge < -0.3 is 15.4 Å². The highest BCUT2D eigenvalue weighted by molar-refractivity contribution is 5.85. The van der Waals surface area contributed by atoms with E-state index in [9.17, 15) is 13.6 Å². The zero-order valence-electron chi connectivity index (χ0n) is 13.5. The van der Waals surface area contributed by atoms with E-state index in [2.05, 4.69) is 0 Å². The van der Waals surface area contributed by atoms with Crippen molar-refractivity contribution in [3.05, 3.63) is 65.2 Å². The first-order valence-corrected chi connectivity index (χ1v) is 7.71. The van der Waals surface area contributed by atoms with Crippen LogP contribution in [0.5, 0.6) is 0 Å². The minimum Gasteiger partial charge on any atom is -0.399 e. The molecule has 2 N–H and O–H groups in total. The summed E-state index contributed by atoms with van der Waals surface area (Å²) >= 11 is 0. The molecule has 4 nitrogen and oxygen atoms in total. The molecular weight excluding hydrogens is 350 g/mol. The maximum absolute atomic E-state index is 13.4. The van der Waals surface area contributed by atoms with E-state index in [-0.39, 0.29) is 24.7 Å². The van der Waals surface area contributed by atoms with Gasteiger partial charge in [-0.3, -0.25) is 4.79 Å². The number of benzene rings is 2. The normalized spacial score (nSPS) is 17.0. The van der Waals surface area contributed by atoms with E-state index >= 15 is 0 Å². The molecule has 1 atom stereocenters. The first-order valence-electron chi connectivity index (χ1n) is 7.71. The molecule has 25 heavy (non-hydrogen) atoms. The maximum Gasteiger partial charge on any atom is 0.227 e. The molecule has 0 radical (unpaired) electrons. The Morgan fingerprint density at radius 2 is 1.88 bits per heavy atom. The molecule has 1 aliphatic heterocycles. The Hall–Kier alpha value is -2.18. The average molecular weight is 369 g/mol. The fourth-order valence-electron chi connectivity index (χ4n) is 2.71. The average Bonchev–Trinajstić information content (AvgIpc) is 2.59. The van der Waals surface area contributed by atoms with Crippen molar-refractivity contribution in [2.24, 2.45) is 0 Å². The van der Waals surface area contributed by atoms with E-state index in [4.69, 9.17) is 10.5 Å². The summed E-state index contributed by atoms with van der Waals surface area (Å²) in [6.45, 7) is 1.16. The molecular formula is C18H19ClF2N2O2. The number of morpholine rings is 1. The second kappa shape index (κ2) is 8.27. The van der Waals surface area contributed by atoms with Crippen LogP contribution in [-0.2, 0) is 16.0 Å². The SMILES string of the molecule is Cl.Nc1ccc(CC(=O)N2CCOC(c3ccc(F)c(F)c3)C2)cc1. The van der Waals surface area contributed by atoms with Crippen molar-refractivity contribution in [1.82, 2.24) is 4.90 Å². The molecule has 0 aromatic heterocycles. The van der Waals surface area contributed by atoms with Crippen molar-refractivity contribution >= 4 is 24.0 Å². The third-order valence-electron chi connectivity index (χ3n) is 4.07. The molecule has 1 heterocycles. The molecule has 1 amide bonds. The van der Waals surface area contributed by atoms with E-state index in [1.165, 1.54) is 6.07 Å². The second-order valence-corrected chi connectivity index (χ2v) is 5.79. The summed E-state index contributed by atoms with van der Waals surface area (Å²) in [6.07, 6.45) is -0.186. The highest BCUT2D eigenvalue weighted by Crippen LogP contribution is 2.24. The van der Waals surface area contributed by atoms with E-state index in [1.807, 2.05) is 12.1 Å². The number of carbonyl (C=O) groups is 1. The van der Waals surface area contributed by atoms with E-state index < -0.39 is 17.7 Å². The Balaban J connectivity index is 0.00000225. The Morgan fingerprint density at radius 3 is 2.56 bits per heavy atom. The van der Waals surface area contributed by atoms with Crippen LogP contribution in [0.4, 0.5) is 14.5 Å². The predicted molar refractivity (Wildman–Crippen MR) is 93.4 cm³/mol.